The lowest BCUT2D eigenvalue weighted by molar-refractivity contribution is -0.132. The molecule has 7 heteroatoms. The minimum absolute atomic E-state index is 0.0511. The number of rotatable bonds is 6. The van der Waals surface area contributed by atoms with Crippen LogP contribution in [-0.4, -0.2) is 38.1 Å². The zero-order valence-electron chi connectivity index (χ0n) is 18.4. The highest BCUT2D eigenvalue weighted by atomic mass is 16.5. The molecule has 168 valence electrons. The zero-order chi connectivity index (χ0) is 23.5. The van der Waals surface area contributed by atoms with Gasteiger partial charge in [0.15, 0.2) is 0 Å². The predicted molar refractivity (Wildman–Crippen MR) is 124 cm³/mol. The van der Waals surface area contributed by atoms with Gasteiger partial charge in [-0.1, -0.05) is 36.4 Å². The fourth-order valence-corrected chi connectivity index (χ4v) is 4.01. The van der Waals surface area contributed by atoms with Crippen molar-refractivity contribution in [3.63, 3.8) is 0 Å². The molecule has 0 radical (unpaired) electrons. The highest BCUT2D eigenvalue weighted by Crippen LogP contribution is 2.45. The lowest BCUT2D eigenvalue weighted by Gasteiger charge is -2.25. The molecule has 1 atom stereocenters. The highest BCUT2D eigenvalue weighted by molar-refractivity contribution is 6.51. The van der Waals surface area contributed by atoms with Crippen molar-refractivity contribution >= 4 is 23.1 Å². The quantitative estimate of drug-likeness (QED) is 0.345. The van der Waals surface area contributed by atoms with Crippen molar-refractivity contribution < 1.29 is 28.9 Å². The molecule has 4 rings (SSSR count). The maximum Gasteiger partial charge on any atom is 0.300 e. The Morgan fingerprint density at radius 2 is 1.39 bits per heavy atom. The molecule has 1 aliphatic rings. The molecule has 1 N–H and O–H groups in total. The van der Waals surface area contributed by atoms with E-state index in [1.165, 1.54) is 19.1 Å². The number of nitrogens with zero attached hydrogens (tertiary/aromatic N) is 1. The van der Waals surface area contributed by atoms with Crippen molar-refractivity contribution in [3.8, 4) is 17.2 Å². The summed E-state index contributed by atoms with van der Waals surface area (Å²) in [7, 11) is 4.46. The van der Waals surface area contributed by atoms with Gasteiger partial charge in [0.05, 0.1) is 32.9 Å². The fourth-order valence-electron chi connectivity index (χ4n) is 4.01. The number of aliphatic hydroxyl groups is 1. The van der Waals surface area contributed by atoms with Gasteiger partial charge in [-0.05, 0) is 42.0 Å². The highest BCUT2D eigenvalue weighted by Gasteiger charge is 2.47. The first-order valence-corrected chi connectivity index (χ1v) is 10.2. The van der Waals surface area contributed by atoms with E-state index in [1.807, 2.05) is 18.2 Å². The van der Waals surface area contributed by atoms with Crippen LogP contribution in [0.2, 0.25) is 0 Å². The summed E-state index contributed by atoms with van der Waals surface area (Å²) in [6.07, 6.45) is 0. The summed E-state index contributed by atoms with van der Waals surface area (Å²) in [5, 5.41) is 11.4. The average molecular weight is 445 g/mol. The third-order valence-electron chi connectivity index (χ3n) is 5.57. The molecular formula is C26H23NO6. The second kappa shape index (κ2) is 9.08. The molecular weight excluding hydrogens is 422 g/mol. The first kappa shape index (κ1) is 22.0. The van der Waals surface area contributed by atoms with E-state index in [2.05, 4.69) is 0 Å². The number of Topliss-reactive ketones (excluding diaryl/α,β-unsaturated/α-hetero) is 1. The van der Waals surface area contributed by atoms with Gasteiger partial charge in [0, 0.05) is 5.69 Å². The van der Waals surface area contributed by atoms with E-state index < -0.39 is 17.7 Å². The third-order valence-corrected chi connectivity index (χ3v) is 5.57. The summed E-state index contributed by atoms with van der Waals surface area (Å²) in [6, 6.07) is 20.0. The Kier molecular flexibility index (Phi) is 6.04. The number of aliphatic hydroxyl groups excluding tert-OH is 1. The van der Waals surface area contributed by atoms with Crippen LogP contribution in [0, 0.1) is 0 Å². The van der Waals surface area contributed by atoms with E-state index >= 15 is 0 Å². The van der Waals surface area contributed by atoms with Crippen LogP contribution in [0.3, 0.4) is 0 Å². The maximum absolute atomic E-state index is 13.3. The molecule has 1 saturated heterocycles. The van der Waals surface area contributed by atoms with Crippen molar-refractivity contribution in [1.29, 1.82) is 0 Å². The van der Waals surface area contributed by atoms with Gasteiger partial charge in [-0.25, -0.2) is 0 Å². The lowest BCUT2D eigenvalue weighted by atomic mass is 9.94. The van der Waals surface area contributed by atoms with Gasteiger partial charge in [-0.3, -0.25) is 14.5 Å². The molecule has 1 amide bonds. The molecule has 3 aromatic carbocycles. The minimum atomic E-state index is -0.853. The van der Waals surface area contributed by atoms with Gasteiger partial charge >= 0.3 is 0 Å². The topological polar surface area (TPSA) is 85.3 Å². The Morgan fingerprint density at radius 3 is 1.94 bits per heavy atom. The lowest BCUT2D eigenvalue weighted by Crippen LogP contribution is -2.29. The molecule has 1 fully saturated rings. The summed E-state index contributed by atoms with van der Waals surface area (Å²) in [5.41, 5.74) is 1.32. The van der Waals surface area contributed by atoms with Crippen molar-refractivity contribution in [3.05, 3.63) is 89.5 Å². The van der Waals surface area contributed by atoms with Crippen LogP contribution < -0.4 is 19.1 Å². The van der Waals surface area contributed by atoms with Gasteiger partial charge in [-0.15, -0.1) is 0 Å². The number of methoxy groups -OCH3 is 3. The number of carbonyl (C=O) groups excluding carboxylic acids is 2. The van der Waals surface area contributed by atoms with Gasteiger partial charge in [0.1, 0.15) is 28.6 Å². The molecule has 0 bridgehead atoms. The third kappa shape index (κ3) is 3.78. The first-order chi connectivity index (χ1) is 16.0. The first-order valence-electron chi connectivity index (χ1n) is 10.2. The Balaban J connectivity index is 1.97. The number of amides is 1. The molecule has 0 aliphatic carbocycles. The smallest absolute Gasteiger partial charge is 0.300 e. The Morgan fingerprint density at radius 1 is 0.788 bits per heavy atom. The Bertz CT molecular complexity index is 1200. The van der Waals surface area contributed by atoms with Crippen LogP contribution in [-0.2, 0) is 9.59 Å². The standard InChI is InChI=1S/C26H23NO6/c1-31-18-14-12-17(13-15-18)27-23(16-8-5-4-6-9-16)22(25(29)26(27)30)24(28)21-19(32-2)10-7-11-20(21)33-3/h4-15,23,28H,1-3H3/b24-22+. The van der Waals surface area contributed by atoms with Crippen molar-refractivity contribution in [2.75, 3.05) is 26.2 Å². The van der Waals surface area contributed by atoms with E-state index in [4.69, 9.17) is 14.2 Å². The van der Waals surface area contributed by atoms with Crippen molar-refractivity contribution in [1.82, 2.24) is 0 Å². The van der Waals surface area contributed by atoms with Crippen LogP contribution in [0.5, 0.6) is 17.2 Å². The van der Waals surface area contributed by atoms with Gasteiger partial charge in [0.25, 0.3) is 11.7 Å². The summed E-state index contributed by atoms with van der Waals surface area (Å²) in [4.78, 5) is 27.9. The minimum Gasteiger partial charge on any atom is -0.506 e. The molecule has 1 aliphatic heterocycles. The number of carbonyl (C=O) groups is 2. The van der Waals surface area contributed by atoms with Gasteiger partial charge < -0.3 is 19.3 Å². The molecule has 0 saturated carbocycles. The van der Waals surface area contributed by atoms with Crippen LogP contribution in [0.4, 0.5) is 5.69 Å². The molecule has 0 aromatic heterocycles. The average Bonchev–Trinajstić information content (AvgIpc) is 3.13. The molecule has 1 unspecified atom stereocenters. The normalized spacial score (nSPS) is 17.2. The van der Waals surface area contributed by atoms with Crippen molar-refractivity contribution in [2.24, 2.45) is 0 Å². The van der Waals surface area contributed by atoms with Crippen LogP contribution in [0.15, 0.2) is 78.4 Å². The van der Waals surface area contributed by atoms with E-state index in [9.17, 15) is 14.7 Å². The van der Waals surface area contributed by atoms with E-state index in [0.717, 1.165) is 0 Å². The number of ether oxygens (including phenoxy) is 3. The molecule has 7 nitrogen and oxygen atoms in total. The number of hydrogen-bond acceptors (Lipinski definition) is 6. The number of benzene rings is 3. The maximum atomic E-state index is 13.3. The monoisotopic (exact) mass is 445 g/mol. The van der Waals surface area contributed by atoms with E-state index in [0.29, 0.717) is 28.5 Å². The Hall–Kier alpha value is -4.26. The number of hydrogen-bond donors (Lipinski definition) is 1. The van der Waals surface area contributed by atoms with Crippen LogP contribution in [0.1, 0.15) is 17.2 Å². The summed E-state index contributed by atoms with van der Waals surface area (Å²) in [6.45, 7) is 0. The van der Waals surface area contributed by atoms with Gasteiger partial charge in [0.2, 0.25) is 0 Å². The molecule has 0 spiro atoms. The summed E-state index contributed by atoms with van der Waals surface area (Å²) in [5.74, 6) is -0.670. The second-order valence-corrected chi connectivity index (χ2v) is 7.32. The van der Waals surface area contributed by atoms with Crippen LogP contribution in [0.25, 0.3) is 5.76 Å². The van der Waals surface area contributed by atoms with Crippen LogP contribution >= 0.6 is 0 Å². The van der Waals surface area contributed by atoms with Crippen molar-refractivity contribution in [2.45, 2.75) is 6.04 Å². The molecule has 1 heterocycles. The van der Waals surface area contributed by atoms with Gasteiger partial charge in [-0.2, -0.15) is 0 Å². The SMILES string of the molecule is COc1ccc(N2C(=O)C(=O)/C(=C(/O)c3c(OC)cccc3OC)C2c2ccccc2)cc1. The predicted octanol–water partition coefficient (Wildman–Crippen LogP) is 4.34. The van der Waals surface area contributed by atoms with E-state index in [1.54, 1.807) is 61.7 Å². The fraction of sp³-hybridized carbons (Fsp3) is 0.154. The molecule has 3 aromatic rings. The number of anilines is 1. The largest absolute Gasteiger partial charge is 0.506 e. The number of ketones is 1. The zero-order valence-corrected chi connectivity index (χ0v) is 18.4. The summed E-state index contributed by atoms with van der Waals surface area (Å²) < 4.78 is 16.0. The second-order valence-electron chi connectivity index (χ2n) is 7.32. The Labute approximate surface area is 191 Å². The summed E-state index contributed by atoms with van der Waals surface area (Å²) >= 11 is 0. The molecule has 33 heavy (non-hydrogen) atoms. The van der Waals surface area contributed by atoms with E-state index in [-0.39, 0.29) is 16.9 Å².